The second kappa shape index (κ2) is 4.81. The number of aliphatic carboxylic acids is 1. The molecular weight excluding hydrogens is 323 g/mol. The van der Waals surface area contributed by atoms with Crippen LogP contribution in [0.2, 0.25) is 0 Å². The Kier molecular flexibility index (Phi) is 3.37. The van der Waals surface area contributed by atoms with Crippen molar-refractivity contribution in [3.63, 3.8) is 0 Å². The molecule has 0 saturated carbocycles. The number of H-pyrrole nitrogens is 1. The molecule has 4 nitrogen and oxygen atoms in total. The van der Waals surface area contributed by atoms with Crippen molar-refractivity contribution >= 4 is 51.7 Å². The van der Waals surface area contributed by atoms with Gasteiger partial charge in [0.05, 0.1) is 6.04 Å². The third-order valence-electron chi connectivity index (χ3n) is 3.54. The van der Waals surface area contributed by atoms with Gasteiger partial charge in [0.2, 0.25) is 3.79 Å². The Bertz CT molecular complexity index is 678. The molecule has 1 aromatic carbocycles. The number of hydrogen-bond donors (Lipinski definition) is 3. The van der Waals surface area contributed by atoms with Gasteiger partial charge in [0.15, 0.2) is 0 Å². The lowest BCUT2D eigenvalue weighted by Crippen LogP contribution is -2.48. The molecule has 20 heavy (non-hydrogen) atoms. The summed E-state index contributed by atoms with van der Waals surface area (Å²) in [4.78, 5) is 14.5. The average molecular weight is 334 g/mol. The molecule has 1 aromatic heterocycles. The Morgan fingerprint density at radius 2 is 2.00 bits per heavy atom. The summed E-state index contributed by atoms with van der Waals surface area (Å²) < 4.78 is -1.64. The van der Waals surface area contributed by atoms with Gasteiger partial charge in [-0.1, -0.05) is 53.0 Å². The van der Waals surface area contributed by atoms with Crippen LogP contribution in [0.4, 0.5) is 0 Å². The summed E-state index contributed by atoms with van der Waals surface area (Å²) in [6.07, 6.45) is 0.353. The van der Waals surface area contributed by atoms with E-state index in [0.717, 1.165) is 22.2 Å². The molecule has 0 aliphatic carbocycles. The topological polar surface area (TPSA) is 65.1 Å². The van der Waals surface area contributed by atoms with Gasteiger partial charge in [-0.3, -0.25) is 10.1 Å². The predicted octanol–water partition coefficient (Wildman–Crippen LogP) is 3.18. The van der Waals surface area contributed by atoms with E-state index in [1.807, 2.05) is 24.3 Å². The Labute approximate surface area is 130 Å². The monoisotopic (exact) mass is 332 g/mol. The summed E-state index contributed by atoms with van der Waals surface area (Å²) in [5.74, 6) is -0.958. The fraction of sp³-hybridized carbons (Fsp3) is 0.308. The standard InChI is InChI=1S/C13H11Cl3N2O2/c14-13(15,16)11-10-7(5-9(18-11)12(19)20)6-3-1-2-4-8(6)17-10/h1-4,9,11,17-18H,5H2,(H,19,20)/t9-,11?/m0/s1. The molecule has 0 saturated heterocycles. The Morgan fingerprint density at radius 3 is 2.65 bits per heavy atom. The van der Waals surface area contributed by atoms with E-state index in [1.165, 1.54) is 0 Å². The van der Waals surface area contributed by atoms with Crippen LogP contribution in [0, 0.1) is 0 Å². The second-order valence-corrected chi connectivity index (χ2v) is 7.17. The summed E-state index contributed by atoms with van der Waals surface area (Å²) in [6, 6.07) is 6.19. The van der Waals surface area contributed by atoms with E-state index in [-0.39, 0.29) is 0 Å². The zero-order valence-corrected chi connectivity index (χ0v) is 12.4. The number of carboxylic acids is 1. The van der Waals surface area contributed by atoms with E-state index in [0.29, 0.717) is 6.42 Å². The molecule has 1 aliphatic heterocycles. The summed E-state index contributed by atoms with van der Waals surface area (Å²) >= 11 is 18.0. The van der Waals surface area contributed by atoms with Crippen molar-refractivity contribution in [2.24, 2.45) is 0 Å². The van der Waals surface area contributed by atoms with Crippen molar-refractivity contribution in [3.05, 3.63) is 35.5 Å². The lowest BCUT2D eigenvalue weighted by atomic mass is 9.94. The van der Waals surface area contributed by atoms with Crippen LogP contribution in [0.1, 0.15) is 17.3 Å². The van der Waals surface area contributed by atoms with Gasteiger partial charge < -0.3 is 10.1 Å². The van der Waals surface area contributed by atoms with Crippen molar-refractivity contribution in [1.29, 1.82) is 0 Å². The Morgan fingerprint density at radius 1 is 1.30 bits per heavy atom. The molecule has 1 unspecified atom stereocenters. The zero-order valence-electron chi connectivity index (χ0n) is 10.2. The summed E-state index contributed by atoms with van der Waals surface area (Å²) in [6.45, 7) is 0. The molecular formula is C13H11Cl3N2O2. The normalized spacial score (nSPS) is 22.8. The molecule has 7 heteroatoms. The van der Waals surface area contributed by atoms with E-state index in [4.69, 9.17) is 34.8 Å². The minimum Gasteiger partial charge on any atom is -0.480 e. The van der Waals surface area contributed by atoms with Gasteiger partial charge in [-0.15, -0.1) is 0 Å². The maximum Gasteiger partial charge on any atom is 0.321 e. The van der Waals surface area contributed by atoms with Crippen LogP contribution in [-0.2, 0) is 11.2 Å². The van der Waals surface area contributed by atoms with Crippen molar-refractivity contribution < 1.29 is 9.90 Å². The largest absolute Gasteiger partial charge is 0.480 e. The maximum absolute atomic E-state index is 11.3. The molecule has 2 heterocycles. The fourth-order valence-corrected chi connectivity index (χ4v) is 3.17. The number of aromatic amines is 1. The number of aromatic nitrogens is 1. The lowest BCUT2D eigenvalue weighted by Gasteiger charge is -2.33. The summed E-state index contributed by atoms with van der Waals surface area (Å²) in [7, 11) is 0. The number of fused-ring (bicyclic) bond motifs is 3. The number of hydrogen-bond acceptors (Lipinski definition) is 2. The highest BCUT2D eigenvalue weighted by Gasteiger charge is 2.43. The first-order valence-electron chi connectivity index (χ1n) is 6.03. The number of para-hydroxylation sites is 1. The SMILES string of the molecule is O=C(O)[C@@H]1Cc2c([nH]c3ccccc23)C(C(Cl)(Cl)Cl)N1. The van der Waals surface area contributed by atoms with E-state index in [2.05, 4.69) is 10.3 Å². The summed E-state index contributed by atoms with van der Waals surface area (Å²) in [5, 5.41) is 13.1. The minimum atomic E-state index is -1.64. The molecule has 2 aromatic rings. The van der Waals surface area contributed by atoms with Gasteiger partial charge in [-0.25, -0.2) is 0 Å². The molecule has 0 spiro atoms. The third kappa shape index (κ3) is 2.27. The molecule has 0 bridgehead atoms. The predicted molar refractivity (Wildman–Crippen MR) is 79.6 cm³/mol. The molecule has 2 atom stereocenters. The van der Waals surface area contributed by atoms with Crippen molar-refractivity contribution in [3.8, 4) is 0 Å². The quantitative estimate of drug-likeness (QED) is 0.702. The highest BCUT2D eigenvalue weighted by atomic mass is 35.6. The molecule has 0 radical (unpaired) electrons. The van der Waals surface area contributed by atoms with E-state index < -0.39 is 21.8 Å². The molecule has 1 aliphatic rings. The van der Waals surface area contributed by atoms with E-state index in [1.54, 1.807) is 0 Å². The number of halogens is 3. The van der Waals surface area contributed by atoms with Crippen molar-refractivity contribution in [2.75, 3.05) is 0 Å². The Balaban J connectivity index is 2.19. The first-order chi connectivity index (χ1) is 9.38. The fourth-order valence-electron chi connectivity index (χ4n) is 2.65. The van der Waals surface area contributed by atoms with Gasteiger partial charge in [-0.2, -0.15) is 0 Å². The Hall–Kier alpha value is -0.940. The average Bonchev–Trinajstić information content (AvgIpc) is 2.74. The summed E-state index contributed by atoms with van der Waals surface area (Å²) in [5.41, 5.74) is 2.54. The van der Waals surface area contributed by atoms with Crippen LogP contribution >= 0.6 is 34.8 Å². The van der Waals surface area contributed by atoms with Gasteiger partial charge in [0.25, 0.3) is 0 Å². The van der Waals surface area contributed by atoms with Gasteiger partial charge in [0, 0.05) is 23.0 Å². The number of alkyl halides is 3. The minimum absolute atomic E-state index is 0.353. The zero-order chi connectivity index (χ0) is 14.5. The number of carbonyl (C=O) groups is 1. The van der Waals surface area contributed by atoms with E-state index >= 15 is 0 Å². The van der Waals surface area contributed by atoms with Crippen molar-refractivity contribution in [1.82, 2.24) is 10.3 Å². The molecule has 106 valence electrons. The van der Waals surface area contributed by atoms with Crippen LogP contribution < -0.4 is 5.32 Å². The van der Waals surface area contributed by atoms with Gasteiger partial charge >= 0.3 is 5.97 Å². The van der Waals surface area contributed by atoms with Gasteiger partial charge in [-0.05, 0) is 11.6 Å². The highest BCUT2D eigenvalue weighted by molar-refractivity contribution is 6.68. The van der Waals surface area contributed by atoms with Crippen LogP contribution in [0.5, 0.6) is 0 Å². The van der Waals surface area contributed by atoms with Crippen LogP contribution in [-0.4, -0.2) is 25.9 Å². The second-order valence-electron chi connectivity index (χ2n) is 4.80. The third-order valence-corrected chi connectivity index (χ3v) is 4.19. The highest BCUT2D eigenvalue weighted by Crippen LogP contribution is 2.44. The smallest absolute Gasteiger partial charge is 0.321 e. The van der Waals surface area contributed by atoms with Crippen LogP contribution in [0.15, 0.2) is 24.3 Å². The number of rotatable bonds is 1. The molecule has 0 fully saturated rings. The van der Waals surface area contributed by atoms with Crippen LogP contribution in [0.3, 0.4) is 0 Å². The number of carboxylic acid groups (broad SMARTS) is 1. The molecule has 3 N–H and O–H groups in total. The van der Waals surface area contributed by atoms with E-state index in [9.17, 15) is 9.90 Å². The molecule has 3 rings (SSSR count). The lowest BCUT2D eigenvalue weighted by molar-refractivity contribution is -0.139. The van der Waals surface area contributed by atoms with Crippen molar-refractivity contribution in [2.45, 2.75) is 22.3 Å². The first kappa shape index (κ1) is 14.0. The van der Waals surface area contributed by atoms with Gasteiger partial charge in [0.1, 0.15) is 6.04 Å². The first-order valence-corrected chi connectivity index (χ1v) is 7.16. The van der Waals surface area contributed by atoms with Crippen LogP contribution in [0.25, 0.3) is 10.9 Å². The number of nitrogens with one attached hydrogen (secondary N) is 2. The number of benzene rings is 1. The molecule has 0 amide bonds. The maximum atomic E-state index is 11.3.